The number of alkyl carbamates (subject to hydrolysis) is 1. The summed E-state index contributed by atoms with van der Waals surface area (Å²) in [6.07, 6.45) is 4.88. The molecule has 1 aromatic carbocycles. The quantitative estimate of drug-likeness (QED) is 0.176. The molecule has 1 atom stereocenters. The van der Waals surface area contributed by atoms with Gasteiger partial charge in [-0.2, -0.15) is 0 Å². The summed E-state index contributed by atoms with van der Waals surface area (Å²) in [5.41, 5.74) is 3.23. The minimum absolute atomic E-state index is 0.0531. The number of aromatic hydroxyl groups is 1. The van der Waals surface area contributed by atoms with Crippen LogP contribution >= 0.6 is 23.2 Å². The molecule has 4 heterocycles. The van der Waals surface area contributed by atoms with E-state index in [2.05, 4.69) is 25.5 Å². The second-order valence-corrected chi connectivity index (χ2v) is 12.5. The third-order valence-electron chi connectivity index (χ3n) is 7.13. The highest BCUT2D eigenvalue weighted by Crippen LogP contribution is 2.37. The lowest BCUT2D eigenvalue weighted by Gasteiger charge is -2.34. The van der Waals surface area contributed by atoms with E-state index in [0.717, 1.165) is 25.2 Å². The molecular formula is C32H34Cl2N6O4. The molecule has 0 saturated carbocycles. The standard InChI is InChI=1S/C32H34Cl2N6O4/c1-5-26(41)21-16-35-25-10-9-24(18-13-22(33)30(42)23(34)14-18)39-29(25)28(21)37-19-8-11-27(36-15-19)40-12-6-7-20(17-40)38-31(43)44-32(2,3)4/h8-11,13-16,20,42H,5-7,12,17H2,1-4H3,(H,35,37)(H,38,43)/t20-/m0/s1. The van der Waals surface area contributed by atoms with Crippen LogP contribution in [0, 0.1) is 0 Å². The van der Waals surface area contributed by atoms with Gasteiger partial charge >= 0.3 is 6.09 Å². The maximum absolute atomic E-state index is 13.0. The predicted octanol–water partition coefficient (Wildman–Crippen LogP) is 7.53. The Balaban J connectivity index is 1.41. The van der Waals surface area contributed by atoms with Gasteiger partial charge < -0.3 is 25.4 Å². The van der Waals surface area contributed by atoms with Crippen LogP contribution in [0.5, 0.6) is 5.75 Å². The van der Waals surface area contributed by atoms with Gasteiger partial charge in [-0.25, -0.2) is 14.8 Å². The van der Waals surface area contributed by atoms with Gasteiger partial charge in [0.05, 0.1) is 44.4 Å². The SMILES string of the molecule is CCC(=O)c1cnc2ccc(-c3cc(Cl)c(O)c(Cl)c3)nc2c1Nc1ccc(N2CCC[C@H](NC(=O)OC(C)(C)C)C2)nc1. The number of fused-ring (bicyclic) bond motifs is 1. The summed E-state index contributed by atoms with van der Waals surface area (Å²) in [4.78, 5) is 41.4. The lowest BCUT2D eigenvalue weighted by molar-refractivity contribution is 0.0499. The maximum atomic E-state index is 13.0. The van der Waals surface area contributed by atoms with E-state index in [1.807, 2.05) is 32.9 Å². The number of carbonyl (C=O) groups is 2. The van der Waals surface area contributed by atoms with E-state index in [-0.39, 0.29) is 34.0 Å². The molecule has 0 spiro atoms. The van der Waals surface area contributed by atoms with Gasteiger partial charge in [-0.1, -0.05) is 30.1 Å². The van der Waals surface area contributed by atoms with Gasteiger partial charge in [0.15, 0.2) is 11.5 Å². The lowest BCUT2D eigenvalue weighted by Crippen LogP contribution is -2.49. The molecular weight excluding hydrogens is 603 g/mol. The third-order valence-corrected chi connectivity index (χ3v) is 7.71. The monoisotopic (exact) mass is 636 g/mol. The van der Waals surface area contributed by atoms with Gasteiger partial charge in [0.2, 0.25) is 0 Å². The molecule has 12 heteroatoms. The average molecular weight is 638 g/mol. The van der Waals surface area contributed by atoms with Crippen LogP contribution in [0.25, 0.3) is 22.3 Å². The Kier molecular flexibility index (Phi) is 9.12. The molecule has 4 aromatic rings. The summed E-state index contributed by atoms with van der Waals surface area (Å²) in [6, 6.07) is 10.5. The molecule has 0 unspecified atom stereocenters. The van der Waals surface area contributed by atoms with E-state index in [1.165, 1.54) is 0 Å². The predicted molar refractivity (Wildman–Crippen MR) is 173 cm³/mol. The van der Waals surface area contributed by atoms with Crippen LogP contribution in [-0.4, -0.2) is 56.7 Å². The molecule has 0 aliphatic carbocycles. The molecule has 230 valence electrons. The van der Waals surface area contributed by atoms with Gasteiger partial charge in [-0.05, 0) is 70.0 Å². The Morgan fingerprint density at radius 3 is 2.50 bits per heavy atom. The number of benzene rings is 1. The first-order valence-electron chi connectivity index (χ1n) is 14.4. The fourth-order valence-corrected chi connectivity index (χ4v) is 5.52. The van der Waals surface area contributed by atoms with Crippen LogP contribution in [0.15, 0.2) is 48.8 Å². The number of nitrogens with zero attached hydrogens (tertiary/aromatic N) is 4. The smallest absolute Gasteiger partial charge is 0.407 e. The molecule has 10 nitrogen and oxygen atoms in total. The molecule has 5 rings (SSSR count). The van der Waals surface area contributed by atoms with E-state index in [1.54, 1.807) is 43.6 Å². The highest BCUT2D eigenvalue weighted by molar-refractivity contribution is 6.37. The summed E-state index contributed by atoms with van der Waals surface area (Å²) in [6.45, 7) is 8.74. The molecule has 0 bridgehead atoms. The molecule has 3 aromatic heterocycles. The summed E-state index contributed by atoms with van der Waals surface area (Å²) >= 11 is 12.3. The number of ketones is 1. The van der Waals surface area contributed by atoms with Crippen LogP contribution in [-0.2, 0) is 4.74 Å². The zero-order chi connectivity index (χ0) is 31.6. The number of rotatable bonds is 7. The fraction of sp³-hybridized carbons (Fsp3) is 0.344. The van der Waals surface area contributed by atoms with E-state index < -0.39 is 11.7 Å². The molecule has 44 heavy (non-hydrogen) atoms. The molecule has 1 aliphatic heterocycles. The van der Waals surface area contributed by atoms with Gasteiger partial charge in [0.1, 0.15) is 16.9 Å². The van der Waals surface area contributed by atoms with Crippen molar-refractivity contribution in [3.05, 3.63) is 64.4 Å². The number of anilines is 3. The molecule has 1 amide bonds. The first-order valence-corrected chi connectivity index (χ1v) is 15.2. The Hall–Kier alpha value is -4.15. The number of hydrogen-bond donors (Lipinski definition) is 3. The highest BCUT2D eigenvalue weighted by Gasteiger charge is 2.25. The van der Waals surface area contributed by atoms with Crippen molar-refractivity contribution in [3.63, 3.8) is 0 Å². The number of carbonyl (C=O) groups excluding carboxylic acids is 2. The van der Waals surface area contributed by atoms with E-state index in [0.29, 0.717) is 45.8 Å². The zero-order valence-corrected chi connectivity index (χ0v) is 26.5. The van der Waals surface area contributed by atoms with Gasteiger partial charge in [0, 0.05) is 37.3 Å². The second kappa shape index (κ2) is 12.8. The van der Waals surface area contributed by atoms with Gasteiger partial charge in [0.25, 0.3) is 0 Å². The minimum Gasteiger partial charge on any atom is -0.505 e. The number of pyridine rings is 3. The number of Topliss-reactive ketones (excluding diaryl/α,β-unsaturated/α-hetero) is 1. The summed E-state index contributed by atoms with van der Waals surface area (Å²) in [5.74, 6) is 0.483. The number of ether oxygens (including phenoxy) is 1. The third kappa shape index (κ3) is 7.14. The Bertz CT molecular complexity index is 1690. The Morgan fingerprint density at radius 1 is 1.09 bits per heavy atom. The molecule has 0 radical (unpaired) electrons. The van der Waals surface area contributed by atoms with Gasteiger partial charge in [-0.3, -0.25) is 9.78 Å². The average Bonchev–Trinajstić information content (AvgIpc) is 2.98. The van der Waals surface area contributed by atoms with Gasteiger partial charge in [-0.15, -0.1) is 0 Å². The number of phenols is 1. The summed E-state index contributed by atoms with van der Waals surface area (Å²) in [7, 11) is 0. The summed E-state index contributed by atoms with van der Waals surface area (Å²) in [5, 5.41) is 16.5. The van der Waals surface area contributed by atoms with E-state index >= 15 is 0 Å². The van der Waals surface area contributed by atoms with E-state index in [9.17, 15) is 14.7 Å². The van der Waals surface area contributed by atoms with Crippen molar-refractivity contribution in [2.24, 2.45) is 0 Å². The maximum Gasteiger partial charge on any atom is 0.407 e. The normalized spacial score (nSPS) is 15.2. The van der Waals surface area contributed by atoms with Crippen molar-refractivity contribution < 1.29 is 19.4 Å². The van der Waals surface area contributed by atoms with Crippen molar-refractivity contribution in [2.75, 3.05) is 23.3 Å². The number of amides is 1. The van der Waals surface area contributed by atoms with Crippen molar-refractivity contribution in [1.29, 1.82) is 0 Å². The molecule has 1 saturated heterocycles. The van der Waals surface area contributed by atoms with Crippen LogP contribution in [0.1, 0.15) is 57.3 Å². The zero-order valence-electron chi connectivity index (χ0n) is 24.9. The fourth-order valence-electron chi connectivity index (χ4n) is 5.04. The number of hydrogen-bond acceptors (Lipinski definition) is 9. The molecule has 3 N–H and O–H groups in total. The van der Waals surface area contributed by atoms with Crippen LogP contribution in [0.2, 0.25) is 10.0 Å². The van der Waals surface area contributed by atoms with Crippen LogP contribution in [0.4, 0.5) is 22.0 Å². The van der Waals surface area contributed by atoms with Crippen molar-refractivity contribution in [3.8, 4) is 17.0 Å². The number of aromatic nitrogens is 3. The first-order chi connectivity index (χ1) is 20.9. The molecule has 1 fully saturated rings. The highest BCUT2D eigenvalue weighted by atomic mass is 35.5. The number of nitrogens with one attached hydrogen (secondary N) is 2. The Morgan fingerprint density at radius 2 is 1.84 bits per heavy atom. The number of halogens is 2. The Labute approximate surface area is 265 Å². The molecule has 1 aliphatic rings. The largest absolute Gasteiger partial charge is 0.505 e. The minimum atomic E-state index is -0.561. The topological polar surface area (TPSA) is 130 Å². The van der Waals surface area contributed by atoms with Crippen molar-refractivity contribution in [1.82, 2.24) is 20.3 Å². The van der Waals surface area contributed by atoms with E-state index in [4.69, 9.17) is 32.9 Å². The van der Waals surface area contributed by atoms with Crippen LogP contribution in [0.3, 0.4) is 0 Å². The van der Waals surface area contributed by atoms with Crippen molar-refractivity contribution >= 4 is 63.3 Å². The number of piperidine rings is 1. The second-order valence-electron chi connectivity index (χ2n) is 11.6. The lowest BCUT2D eigenvalue weighted by atomic mass is 10.1. The van der Waals surface area contributed by atoms with Crippen molar-refractivity contribution in [2.45, 2.75) is 58.6 Å². The first kappa shape index (κ1) is 31.3. The summed E-state index contributed by atoms with van der Waals surface area (Å²) < 4.78 is 5.42. The van der Waals surface area contributed by atoms with Crippen LogP contribution < -0.4 is 15.5 Å². The number of phenolic OH excluding ortho intramolecular Hbond substituents is 1.